The Bertz CT molecular complexity index is 419. The van der Waals surface area contributed by atoms with E-state index in [1.54, 1.807) is 18.3 Å². The lowest BCUT2D eigenvalue weighted by atomic mass is 10.2. The third kappa shape index (κ3) is 1.88. The Balaban J connectivity index is 2.33. The number of carboxylic acids is 1. The molecule has 0 aliphatic carbocycles. The molecule has 1 amide bonds. The normalized spacial score (nSPS) is 14.4. The molecule has 0 aromatic carbocycles. The van der Waals surface area contributed by atoms with E-state index >= 15 is 0 Å². The Morgan fingerprint density at radius 2 is 2.47 bits per heavy atom. The van der Waals surface area contributed by atoms with Gasteiger partial charge in [-0.15, -0.1) is 0 Å². The van der Waals surface area contributed by atoms with Gasteiger partial charge < -0.3 is 15.3 Å². The summed E-state index contributed by atoms with van der Waals surface area (Å²) in [6, 6.07) is 3.43. The summed E-state index contributed by atoms with van der Waals surface area (Å²) in [6.07, 6.45) is 1.55. The second kappa shape index (κ2) is 3.56. The van der Waals surface area contributed by atoms with Crippen molar-refractivity contribution in [2.75, 3.05) is 23.3 Å². The van der Waals surface area contributed by atoms with Crippen LogP contribution < -0.4 is 10.2 Å². The van der Waals surface area contributed by atoms with E-state index in [2.05, 4.69) is 10.3 Å². The molecule has 0 saturated carbocycles. The minimum atomic E-state index is -0.973. The first kappa shape index (κ1) is 9.45. The predicted molar refractivity (Wildman–Crippen MR) is 52.7 cm³/mol. The summed E-state index contributed by atoms with van der Waals surface area (Å²) in [5.74, 6) is -0.808. The number of pyridine rings is 1. The highest BCUT2D eigenvalue weighted by Crippen LogP contribution is 2.25. The molecule has 2 heterocycles. The van der Waals surface area contributed by atoms with Crippen LogP contribution in [0.15, 0.2) is 18.3 Å². The van der Waals surface area contributed by atoms with Gasteiger partial charge in [-0.1, -0.05) is 0 Å². The summed E-state index contributed by atoms with van der Waals surface area (Å²) in [6.45, 7) is -0.156. The molecule has 15 heavy (non-hydrogen) atoms. The molecule has 0 fully saturated rings. The van der Waals surface area contributed by atoms with Gasteiger partial charge in [-0.3, -0.25) is 9.59 Å². The van der Waals surface area contributed by atoms with E-state index in [0.29, 0.717) is 11.5 Å². The van der Waals surface area contributed by atoms with Crippen molar-refractivity contribution in [3.8, 4) is 0 Å². The summed E-state index contributed by atoms with van der Waals surface area (Å²) in [7, 11) is 0. The molecule has 6 nitrogen and oxygen atoms in total. The van der Waals surface area contributed by atoms with E-state index < -0.39 is 5.97 Å². The fourth-order valence-corrected chi connectivity index (χ4v) is 1.48. The van der Waals surface area contributed by atoms with Gasteiger partial charge in [0.05, 0.1) is 12.2 Å². The number of fused-ring (bicyclic) bond motifs is 1. The molecular formula is C9H9N3O3. The Morgan fingerprint density at radius 3 is 3.20 bits per heavy atom. The van der Waals surface area contributed by atoms with Crippen molar-refractivity contribution in [2.45, 2.75) is 0 Å². The summed E-state index contributed by atoms with van der Waals surface area (Å²) >= 11 is 0. The number of anilines is 2. The highest BCUT2D eigenvalue weighted by Gasteiger charge is 2.23. The molecule has 6 heteroatoms. The molecule has 1 aliphatic rings. The van der Waals surface area contributed by atoms with Gasteiger partial charge in [-0.2, -0.15) is 0 Å². The molecule has 0 radical (unpaired) electrons. The summed E-state index contributed by atoms with van der Waals surface area (Å²) in [5, 5.41) is 11.3. The first-order chi connectivity index (χ1) is 7.16. The Morgan fingerprint density at radius 1 is 1.67 bits per heavy atom. The maximum atomic E-state index is 11.2. The van der Waals surface area contributed by atoms with E-state index in [1.165, 1.54) is 4.90 Å². The molecule has 0 spiro atoms. The molecule has 0 saturated heterocycles. The zero-order valence-electron chi connectivity index (χ0n) is 7.80. The molecule has 2 N–H and O–H groups in total. The van der Waals surface area contributed by atoms with Gasteiger partial charge in [-0.05, 0) is 12.1 Å². The second-order valence-electron chi connectivity index (χ2n) is 3.17. The van der Waals surface area contributed by atoms with Crippen LogP contribution >= 0.6 is 0 Å². The van der Waals surface area contributed by atoms with Crippen molar-refractivity contribution in [2.24, 2.45) is 0 Å². The second-order valence-corrected chi connectivity index (χ2v) is 3.17. The fourth-order valence-electron chi connectivity index (χ4n) is 1.48. The van der Waals surface area contributed by atoms with Crippen molar-refractivity contribution in [3.63, 3.8) is 0 Å². The first-order valence-electron chi connectivity index (χ1n) is 4.38. The van der Waals surface area contributed by atoms with E-state index in [1.807, 2.05) is 0 Å². The molecule has 78 valence electrons. The number of carboxylic acid groups (broad SMARTS) is 1. The SMILES string of the molecule is O=C(O)CN1CC(=O)Nc2ncccc21. The number of rotatable bonds is 2. The van der Waals surface area contributed by atoms with E-state index in [-0.39, 0.29) is 19.0 Å². The fraction of sp³-hybridized carbons (Fsp3) is 0.222. The number of hydrogen-bond donors (Lipinski definition) is 2. The Kier molecular flexibility index (Phi) is 2.24. The smallest absolute Gasteiger partial charge is 0.323 e. The third-order valence-electron chi connectivity index (χ3n) is 2.05. The first-order valence-corrected chi connectivity index (χ1v) is 4.38. The van der Waals surface area contributed by atoms with Crippen molar-refractivity contribution in [1.82, 2.24) is 4.98 Å². The number of nitrogens with zero attached hydrogens (tertiary/aromatic N) is 2. The average Bonchev–Trinajstić information content (AvgIpc) is 2.16. The maximum absolute atomic E-state index is 11.2. The van der Waals surface area contributed by atoms with Crippen molar-refractivity contribution >= 4 is 23.4 Å². The standard InChI is InChI=1S/C9H9N3O3/c13-7-4-12(5-8(14)15)6-2-1-3-10-9(6)11-7/h1-3H,4-5H2,(H,14,15)(H,10,11,13). The molecule has 1 aromatic rings. The molecule has 0 bridgehead atoms. The highest BCUT2D eigenvalue weighted by molar-refractivity contribution is 6.00. The van der Waals surface area contributed by atoms with Crippen LogP contribution in [-0.2, 0) is 9.59 Å². The number of hydrogen-bond acceptors (Lipinski definition) is 4. The number of nitrogens with one attached hydrogen (secondary N) is 1. The molecule has 0 atom stereocenters. The van der Waals surface area contributed by atoms with E-state index in [0.717, 1.165) is 0 Å². The molecular weight excluding hydrogens is 198 g/mol. The predicted octanol–water partition coefficient (Wildman–Crippen LogP) is -0.0753. The van der Waals surface area contributed by atoms with Crippen LogP contribution in [-0.4, -0.2) is 35.1 Å². The van der Waals surface area contributed by atoms with Crippen LogP contribution in [0.4, 0.5) is 11.5 Å². The summed E-state index contributed by atoms with van der Waals surface area (Å²) < 4.78 is 0. The Labute approximate surface area is 85.5 Å². The van der Waals surface area contributed by atoms with Gasteiger partial charge in [0.15, 0.2) is 5.82 Å². The minimum absolute atomic E-state index is 0.0466. The van der Waals surface area contributed by atoms with Crippen LogP contribution in [0.25, 0.3) is 0 Å². The van der Waals surface area contributed by atoms with Gasteiger partial charge in [0.1, 0.15) is 6.54 Å². The van der Waals surface area contributed by atoms with E-state index in [9.17, 15) is 9.59 Å². The van der Waals surface area contributed by atoms with Gasteiger partial charge in [0.2, 0.25) is 5.91 Å². The van der Waals surface area contributed by atoms with Crippen LogP contribution in [0, 0.1) is 0 Å². The highest BCUT2D eigenvalue weighted by atomic mass is 16.4. The average molecular weight is 207 g/mol. The number of carbonyl (C=O) groups excluding carboxylic acids is 1. The maximum Gasteiger partial charge on any atom is 0.323 e. The molecule has 1 aromatic heterocycles. The van der Waals surface area contributed by atoms with Gasteiger partial charge in [-0.25, -0.2) is 4.98 Å². The van der Waals surface area contributed by atoms with Gasteiger partial charge in [0, 0.05) is 6.20 Å². The summed E-state index contributed by atoms with van der Waals surface area (Å²) in [5.41, 5.74) is 0.638. The van der Waals surface area contributed by atoms with E-state index in [4.69, 9.17) is 5.11 Å². The quantitative estimate of drug-likeness (QED) is 0.709. The lowest BCUT2D eigenvalue weighted by molar-refractivity contribution is -0.135. The van der Waals surface area contributed by atoms with Crippen LogP contribution in [0.2, 0.25) is 0 Å². The number of aliphatic carboxylic acids is 1. The van der Waals surface area contributed by atoms with Crippen molar-refractivity contribution in [1.29, 1.82) is 0 Å². The zero-order chi connectivity index (χ0) is 10.8. The van der Waals surface area contributed by atoms with Crippen LogP contribution in [0.1, 0.15) is 0 Å². The lowest BCUT2D eigenvalue weighted by Gasteiger charge is -2.28. The minimum Gasteiger partial charge on any atom is -0.480 e. The van der Waals surface area contributed by atoms with Crippen molar-refractivity contribution < 1.29 is 14.7 Å². The van der Waals surface area contributed by atoms with Crippen LogP contribution in [0.3, 0.4) is 0 Å². The monoisotopic (exact) mass is 207 g/mol. The van der Waals surface area contributed by atoms with Gasteiger partial charge >= 0.3 is 5.97 Å². The molecule has 1 aliphatic heterocycles. The third-order valence-corrected chi connectivity index (χ3v) is 2.05. The zero-order valence-corrected chi connectivity index (χ0v) is 7.80. The summed E-state index contributed by atoms with van der Waals surface area (Å²) in [4.78, 5) is 27.3. The Hall–Kier alpha value is -2.11. The number of amides is 1. The molecule has 2 rings (SSSR count). The number of carbonyl (C=O) groups is 2. The largest absolute Gasteiger partial charge is 0.480 e. The van der Waals surface area contributed by atoms with Gasteiger partial charge in [0.25, 0.3) is 0 Å². The number of aromatic nitrogens is 1. The van der Waals surface area contributed by atoms with Crippen molar-refractivity contribution in [3.05, 3.63) is 18.3 Å². The molecule has 0 unspecified atom stereocenters. The lowest BCUT2D eigenvalue weighted by Crippen LogP contribution is -2.41. The van der Waals surface area contributed by atoms with Crippen LogP contribution in [0.5, 0.6) is 0 Å². The topological polar surface area (TPSA) is 82.5 Å².